The van der Waals surface area contributed by atoms with Crippen LogP contribution in [-0.2, 0) is 19.6 Å². The average Bonchev–Trinajstić information content (AvgIpc) is 2.68. The maximum atomic E-state index is 12.5. The lowest BCUT2D eigenvalue weighted by molar-refractivity contribution is -0.129. The number of nitrogens with one attached hydrogen (secondary N) is 1. The molecule has 0 saturated carbocycles. The second-order valence-corrected chi connectivity index (χ2v) is 9.18. The second-order valence-electron chi connectivity index (χ2n) is 6.62. The lowest BCUT2D eigenvalue weighted by atomic mass is 10.1. The van der Waals surface area contributed by atoms with E-state index in [1.165, 1.54) is 33.2 Å². The molecule has 0 aliphatic carbocycles. The minimum atomic E-state index is -3.75. The Labute approximate surface area is 175 Å². The third kappa shape index (κ3) is 5.56. The minimum absolute atomic E-state index is 0.0259. The van der Waals surface area contributed by atoms with Crippen molar-refractivity contribution in [3.05, 3.63) is 64.7 Å². The predicted octanol–water partition coefficient (Wildman–Crippen LogP) is 3.01. The molecule has 0 aliphatic rings. The van der Waals surface area contributed by atoms with Gasteiger partial charge in [-0.05, 0) is 37.6 Å². The highest BCUT2D eigenvalue weighted by Gasteiger charge is 2.25. The molecule has 0 bridgehead atoms. The first kappa shape index (κ1) is 22.9. The molecule has 0 fully saturated rings. The van der Waals surface area contributed by atoms with Crippen molar-refractivity contribution in [2.45, 2.75) is 30.9 Å². The molecular formula is C20H23ClN2O5S. The van der Waals surface area contributed by atoms with Crippen molar-refractivity contribution in [1.82, 2.24) is 9.62 Å². The van der Waals surface area contributed by atoms with Crippen molar-refractivity contribution in [2.75, 3.05) is 14.1 Å². The number of carbonyl (C=O) groups is 2. The molecule has 0 heterocycles. The maximum absolute atomic E-state index is 12.5. The van der Waals surface area contributed by atoms with Crippen LogP contribution in [0, 0.1) is 0 Å². The molecule has 2 atom stereocenters. The lowest BCUT2D eigenvalue weighted by Crippen LogP contribution is -2.37. The zero-order valence-electron chi connectivity index (χ0n) is 16.5. The van der Waals surface area contributed by atoms with E-state index in [4.69, 9.17) is 16.3 Å². The van der Waals surface area contributed by atoms with Gasteiger partial charge in [-0.15, -0.1) is 0 Å². The summed E-state index contributed by atoms with van der Waals surface area (Å²) in [4.78, 5) is 24.8. The van der Waals surface area contributed by atoms with Crippen molar-refractivity contribution < 1.29 is 22.7 Å². The van der Waals surface area contributed by atoms with Gasteiger partial charge in [-0.2, -0.15) is 0 Å². The van der Waals surface area contributed by atoms with Gasteiger partial charge in [0.25, 0.3) is 5.91 Å². The number of halogens is 1. The highest BCUT2D eigenvalue weighted by Crippen LogP contribution is 2.23. The van der Waals surface area contributed by atoms with Crippen molar-refractivity contribution in [1.29, 1.82) is 0 Å². The average molecular weight is 439 g/mol. The molecule has 0 saturated heterocycles. The van der Waals surface area contributed by atoms with E-state index in [-0.39, 0.29) is 21.5 Å². The smallest absolute Gasteiger partial charge is 0.340 e. The summed E-state index contributed by atoms with van der Waals surface area (Å²) >= 11 is 6.04. The molecule has 2 rings (SSSR count). The number of rotatable bonds is 7. The first-order valence-electron chi connectivity index (χ1n) is 8.82. The van der Waals surface area contributed by atoms with Crippen molar-refractivity contribution in [3.63, 3.8) is 0 Å². The van der Waals surface area contributed by atoms with Crippen LogP contribution < -0.4 is 5.32 Å². The minimum Gasteiger partial charge on any atom is -0.449 e. The van der Waals surface area contributed by atoms with Crippen LogP contribution in [0.5, 0.6) is 0 Å². The highest BCUT2D eigenvalue weighted by atomic mass is 35.5. The Hall–Kier alpha value is -2.42. The van der Waals surface area contributed by atoms with E-state index < -0.39 is 28.0 Å². The van der Waals surface area contributed by atoms with Gasteiger partial charge in [0.2, 0.25) is 10.0 Å². The summed E-state index contributed by atoms with van der Waals surface area (Å²) < 4.78 is 30.8. The number of benzene rings is 2. The molecule has 2 aromatic carbocycles. The van der Waals surface area contributed by atoms with E-state index in [1.54, 1.807) is 0 Å². The number of nitrogens with zero attached hydrogens (tertiary/aromatic N) is 1. The summed E-state index contributed by atoms with van der Waals surface area (Å²) in [6, 6.07) is 12.8. The van der Waals surface area contributed by atoms with E-state index in [2.05, 4.69) is 5.32 Å². The Morgan fingerprint density at radius 1 is 1.07 bits per heavy atom. The summed E-state index contributed by atoms with van der Waals surface area (Å²) in [5.74, 6) is -1.37. The monoisotopic (exact) mass is 438 g/mol. The lowest BCUT2D eigenvalue weighted by Gasteiger charge is -2.19. The van der Waals surface area contributed by atoms with Gasteiger partial charge in [0.1, 0.15) is 0 Å². The summed E-state index contributed by atoms with van der Waals surface area (Å²) in [6.07, 6.45) is -1.10. The number of hydrogen-bond acceptors (Lipinski definition) is 5. The van der Waals surface area contributed by atoms with Crippen LogP contribution in [0.25, 0.3) is 0 Å². The molecule has 2 aromatic rings. The fraction of sp³-hybridized carbons (Fsp3) is 0.300. The van der Waals surface area contributed by atoms with Crippen LogP contribution in [0.3, 0.4) is 0 Å². The standard InChI is InChI=1S/C20H23ClN2O5S/c1-13(15-8-6-5-7-9-15)22-19(24)14(2)28-20(25)17-12-16(10-11-18(17)21)29(26,27)23(3)4/h5-14H,1-4H3,(H,22,24). The molecule has 0 aliphatic heterocycles. The van der Waals surface area contributed by atoms with Gasteiger partial charge in [-0.3, -0.25) is 4.79 Å². The summed E-state index contributed by atoms with van der Waals surface area (Å²) in [5, 5.41) is 2.79. The summed E-state index contributed by atoms with van der Waals surface area (Å²) in [6.45, 7) is 3.24. The van der Waals surface area contributed by atoms with Crippen LogP contribution >= 0.6 is 11.6 Å². The molecule has 156 valence electrons. The molecule has 1 amide bonds. The zero-order chi connectivity index (χ0) is 21.8. The van der Waals surface area contributed by atoms with Crippen LogP contribution in [0.15, 0.2) is 53.4 Å². The molecule has 1 N–H and O–H groups in total. The van der Waals surface area contributed by atoms with E-state index in [0.717, 1.165) is 15.9 Å². The Kier molecular flexibility index (Phi) is 7.40. The number of amides is 1. The molecule has 29 heavy (non-hydrogen) atoms. The number of ether oxygens (including phenoxy) is 1. The van der Waals surface area contributed by atoms with Crippen LogP contribution in [0.1, 0.15) is 35.8 Å². The number of carbonyl (C=O) groups excluding carboxylic acids is 2. The highest BCUT2D eigenvalue weighted by molar-refractivity contribution is 7.89. The van der Waals surface area contributed by atoms with Crippen LogP contribution in [0.2, 0.25) is 5.02 Å². The topological polar surface area (TPSA) is 92.8 Å². The predicted molar refractivity (Wildman–Crippen MR) is 110 cm³/mol. The van der Waals surface area contributed by atoms with Gasteiger partial charge >= 0.3 is 5.97 Å². The molecule has 7 nitrogen and oxygen atoms in total. The third-order valence-electron chi connectivity index (χ3n) is 4.25. The molecule has 0 spiro atoms. The van der Waals surface area contributed by atoms with Gasteiger partial charge < -0.3 is 10.1 Å². The van der Waals surface area contributed by atoms with Crippen LogP contribution in [-0.4, -0.2) is 44.8 Å². The van der Waals surface area contributed by atoms with Gasteiger partial charge in [-0.1, -0.05) is 41.9 Å². The van der Waals surface area contributed by atoms with E-state index in [1.807, 2.05) is 37.3 Å². The summed E-state index contributed by atoms with van der Waals surface area (Å²) in [5.41, 5.74) is 0.773. The van der Waals surface area contributed by atoms with Crippen molar-refractivity contribution >= 4 is 33.5 Å². The molecular weight excluding hydrogens is 416 g/mol. The Morgan fingerprint density at radius 3 is 2.28 bits per heavy atom. The first-order valence-corrected chi connectivity index (χ1v) is 10.6. The quantitative estimate of drug-likeness (QED) is 0.671. The molecule has 0 radical (unpaired) electrons. The molecule has 2 unspecified atom stereocenters. The number of hydrogen-bond donors (Lipinski definition) is 1. The number of esters is 1. The molecule has 0 aromatic heterocycles. The van der Waals surface area contributed by atoms with Crippen molar-refractivity contribution in [2.24, 2.45) is 0 Å². The Bertz CT molecular complexity index is 993. The summed E-state index contributed by atoms with van der Waals surface area (Å²) in [7, 11) is -0.999. The maximum Gasteiger partial charge on any atom is 0.340 e. The van der Waals surface area contributed by atoms with Gasteiger partial charge in [-0.25, -0.2) is 17.5 Å². The normalized spacial score (nSPS) is 13.6. The fourth-order valence-corrected chi connectivity index (χ4v) is 3.59. The van der Waals surface area contributed by atoms with Gasteiger partial charge in [0.05, 0.1) is 21.5 Å². The van der Waals surface area contributed by atoms with Gasteiger partial charge in [0, 0.05) is 14.1 Å². The first-order chi connectivity index (χ1) is 13.5. The Balaban J connectivity index is 2.12. The van der Waals surface area contributed by atoms with Crippen molar-refractivity contribution in [3.8, 4) is 0 Å². The van der Waals surface area contributed by atoms with E-state index in [0.29, 0.717) is 0 Å². The molecule has 9 heteroatoms. The fourth-order valence-electron chi connectivity index (χ4n) is 2.47. The van der Waals surface area contributed by atoms with E-state index in [9.17, 15) is 18.0 Å². The number of sulfonamides is 1. The third-order valence-corrected chi connectivity index (χ3v) is 6.39. The Morgan fingerprint density at radius 2 is 1.69 bits per heavy atom. The SMILES string of the molecule is CC(OC(=O)c1cc(S(=O)(=O)N(C)C)ccc1Cl)C(=O)NC(C)c1ccccc1. The zero-order valence-corrected chi connectivity index (χ0v) is 18.1. The van der Waals surface area contributed by atoms with E-state index >= 15 is 0 Å². The van der Waals surface area contributed by atoms with Crippen LogP contribution in [0.4, 0.5) is 0 Å². The largest absolute Gasteiger partial charge is 0.449 e. The second kappa shape index (κ2) is 9.39. The van der Waals surface area contributed by atoms with Gasteiger partial charge in [0.15, 0.2) is 6.10 Å².